The first kappa shape index (κ1) is 12.5. The highest BCUT2D eigenvalue weighted by Crippen LogP contribution is 2.32. The predicted octanol–water partition coefficient (Wildman–Crippen LogP) is 4.08. The van der Waals surface area contributed by atoms with Crippen molar-refractivity contribution in [2.75, 3.05) is 5.73 Å². The molecule has 0 atom stereocenters. The maximum Gasteiger partial charge on any atom is 0.109 e. The van der Waals surface area contributed by atoms with Crippen molar-refractivity contribution in [2.24, 2.45) is 0 Å². The second kappa shape index (κ2) is 5.24. The Morgan fingerprint density at radius 3 is 2.63 bits per heavy atom. The average molecular weight is 257 g/mol. The summed E-state index contributed by atoms with van der Waals surface area (Å²) in [4.78, 5) is 4.78. The van der Waals surface area contributed by atoms with E-state index in [9.17, 15) is 0 Å². The summed E-state index contributed by atoms with van der Waals surface area (Å²) < 4.78 is 2.49. The fourth-order valence-corrected chi connectivity index (χ4v) is 3.34. The third-order valence-corrected chi connectivity index (χ3v) is 4.29. The minimum atomic E-state index is 0.631. The number of nitrogens with two attached hydrogens (primary N) is 1. The van der Waals surface area contributed by atoms with Gasteiger partial charge in [0.2, 0.25) is 0 Å². The van der Waals surface area contributed by atoms with Gasteiger partial charge in [-0.1, -0.05) is 32.6 Å². The van der Waals surface area contributed by atoms with Gasteiger partial charge in [-0.25, -0.2) is 4.98 Å². The van der Waals surface area contributed by atoms with Crippen LogP contribution in [0.5, 0.6) is 0 Å². The lowest BCUT2D eigenvalue weighted by Gasteiger charge is -2.19. The maximum absolute atomic E-state index is 5.88. The van der Waals surface area contributed by atoms with Crippen molar-refractivity contribution in [3.63, 3.8) is 0 Å². The Morgan fingerprint density at radius 2 is 1.95 bits per heavy atom. The van der Waals surface area contributed by atoms with Gasteiger partial charge >= 0.3 is 0 Å². The molecule has 1 fully saturated rings. The number of aromatic nitrogens is 2. The van der Waals surface area contributed by atoms with E-state index >= 15 is 0 Å². The predicted molar refractivity (Wildman–Crippen MR) is 80.3 cm³/mol. The van der Waals surface area contributed by atoms with Crippen LogP contribution in [0.2, 0.25) is 0 Å². The van der Waals surface area contributed by atoms with Crippen LogP contribution in [0.15, 0.2) is 18.2 Å². The smallest absolute Gasteiger partial charge is 0.109 e. The summed E-state index contributed by atoms with van der Waals surface area (Å²) in [6.45, 7) is 2.19. The summed E-state index contributed by atoms with van der Waals surface area (Å²) in [5.41, 5.74) is 9.00. The Kier molecular flexibility index (Phi) is 3.45. The Hall–Kier alpha value is -1.51. The SMILES string of the molecule is CCc1nc2cc(N)ccc2n1C1CCCCCC1. The van der Waals surface area contributed by atoms with Crippen molar-refractivity contribution in [1.82, 2.24) is 9.55 Å². The van der Waals surface area contributed by atoms with Gasteiger partial charge in [-0.3, -0.25) is 0 Å². The molecule has 0 radical (unpaired) electrons. The summed E-state index contributed by atoms with van der Waals surface area (Å²) in [5.74, 6) is 1.22. The second-order valence-electron chi connectivity index (χ2n) is 5.65. The quantitative estimate of drug-likeness (QED) is 0.651. The summed E-state index contributed by atoms with van der Waals surface area (Å²) in [7, 11) is 0. The number of aryl methyl sites for hydroxylation is 1. The van der Waals surface area contributed by atoms with Crippen LogP contribution in [0.4, 0.5) is 5.69 Å². The second-order valence-corrected chi connectivity index (χ2v) is 5.65. The third-order valence-electron chi connectivity index (χ3n) is 4.29. The van der Waals surface area contributed by atoms with Crippen LogP contribution in [0.25, 0.3) is 11.0 Å². The Balaban J connectivity index is 2.09. The first-order chi connectivity index (χ1) is 9.29. The normalized spacial score (nSPS) is 17.7. The van der Waals surface area contributed by atoms with Gasteiger partial charge in [0.15, 0.2) is 0 Å². The highest BCUT2D eigenvalue weighted by Gasteiger charge is 2.19. The van der Waals surface area contributed by atoms with E-state index < -0.39 is 0 Å². The van der Waals surface area contributed by atoms with Crippen LogP contribution in [-0.4, -0.2) is 9.55 Å². The van der Waals surface area contributed by atoms with E-state index in [1.165, 1.54) is 49.9 Å². The van der Waals surface area contributed by atoms with Crippen molar-refractivity contribution >= 4 is 16.7 Å². The minimum absolute atomic E-state index is 0.631. The number of imidazole rings is 1. The minimum Gasteiger partial charge on any atom is -0.399 e. The van der Waals surface area contributed by atoms with Crippen LogP contribution in [0.1, 0.15) is 57.3 Å². The van der Waals surface area contributed by atoms with E-state index in [-0.39, 0.29) is 0 Å². The van der Waals surface area contributed by atoms with Crippen LogP contribution in [0.3, 0.4) is 0 Å². The molecule has 2 N–H and O–H groups in total. The summed E-state index contributed by atoms with van der Waals surface area (Å²) in [5, 5.41) is 0. The molecular weight excluding hydrogens is 234 g/mol. The van der Waals surface area contributed by atoms with Crippen LogP contribution in [0, 0.1) is 0 Å². The lowest BCUT2D eigenvalue weighted by Crippen LogP contribution is -2.11. The van der Waals surface area contributed by atoms with Gasteiger partial charge in [-0.05, 0) is 31.0 Å². The molecule has 3 heteroatoms. The Morgan fingerprint density at radius 1 is 1.21 bits per heavy atom. The van der Waals surface area contributed by atoms with Crippen molar-refractivity contribution in [3.8, 4) is 0 Å². The van der Waals surface area contributed by atoms with Crippen molar-refractivity contribution in [2.45, 2.75) is 57.9 Å². The molecule has 0 saturated heterocycles. The molecule has 3 rings (SSSR count). The van der Waals surface area contributed by atoms with Crippen LogP contribution < -0.4 is 5.73 Å². The van der Waals surface area contributed by atoms with Crippen LogP contribution >= 0.6 is 0 Å². The number of fused-ring (bicyclic) bond motifs is 1. The van der Waals surface area contributed by atoms with E-state index in [0.29, 0.717) is 6.04 Å². The van der Waals surface area contributed by atoms with E-state index in [2.05, 4.69) is 17.6 Å². The lowest BCUT2D eigenvalue weighted by molar-refractivity contribution is 0.441. The monoisotopic (exact) mass is 257 g/mol. The molecule has 1 aromatic heterocycles. The molecule has 1 aliphatic rings. The number of benzene rings is 1. The molecule has 1 aromatic carbocycles. The number of hydrogen-bond donors (Lipinski definition) is 1. The Bertz CT molecular complexity index is 563. The topological polar surface area (TPSA) is 43.8 Å². The molecule has 0 aliphatic heterocycles. The molecule has 1 heterocycles. The highest BCUT2D eigenvalue weighted by molar-refractivity contribution is 5.79. The van der Waals surface area contributed by atoms with Gasteiger partial charge < -0.3 is 10.3 Å². The van der Waals surface area contributed by atoms with Crippen molar-refractivity contribution in [3.05, 3.63) is 24.0 Å². The molecule has 102 valence electrons. The molecule has 0 unspecified atom stereocenters. The largest absolute Gasteiger partial charge is 0.399 e. The number of hydrogen-bond acceptors (Lipinski definition) is 2. The number of nitrogen functional groups attached to an aromatic ring is 1. The van der Waals surface area contributed by atoms with Gasteiger partial charge in [-0.15, -0.1) is 0 Å². The highest BCUT2D eigenvalue weighted by atomic mass is 15.1. The van der Waals surface area contributed by atoms with Gasteiger partial charge in [-0.2, -0.15) is 0 Å². The molecule has 2 aromatic rings. The standard InChI is InChI=1S/C16H23N3/c1-2-16-18-14-11-12(17)9-10-15(14)19(16)13-7-5-3-4-6-8-13/h9-11,13H,2-8,17H2,1H3. The first-order valence-electron chi connectivity index (χ1n) is 7.56. The van der Waals surface area contributed by atoms with E-state index in [1.54, 1.807) is 0 Å². The first-order valence-corrected chi connectivity index (χ1v) is 7.56. The molecule has 19 heavy (non-hydrogen) atoms. The molecule has 3 nitrogen and oxygen atoms in total. The lowest BCUT2D eigenvalue weighted by atomic mass is 10.1. The third kappa shape index (κ3) is 2.34. The summed E-state index contributed by atoms with van der Waals surface area (Å²) >= 11 is 0. The number of anilines is 1. The summed E-state index contributed by atoms with van der Waals surface area (Å²) in [6.07, 6.45) is 9.05. The maximum atomic E-state index is 5.88. The number of nitrogens with zero attached hydrogens (tertiary/aromatic N) is 2. The molecule has 1 aliphatic carbocycles. The molecule has 0 amide bonds. The van der Waals surface area contributed by atoms with E-state index in [0.717, 1.165) is 17.6 Å². The zero-order valence-electron chi connectivity index (χ0n) is 11.7. The summed E-state index contributed by atoms with van der Waals surface area (Å²) in [6, 6.07) is 6.77. The molecule has 1 saturated carbocycles. The fourth-order valence-electron chi connectivity index (χ4n) is 3.34. The van der Waals surface area contributed by atoms with Crippen molar-refractivity contribution < 1.29 is 0 Å². The van der Waals surface area contributed by atoms with Gasteiger partial charge in [0, 0.05) is 18.2 Å². The molecular formula is C16H23N3. The van der Waals surface area contributed by atoms with Crippen molar-refractivity contribution in [1.29, 1.82) is 0 Å². The molecule has 0 bridgehead atoms. The Labute approximate surface area is 114 Å². The van der Waals surface area contributed by atoms with Gasteiger partial charge in [0.25, 0.3) is 0 Å². The number of rotatable bonds is 2. The molecule has 0 spiro atoms. The fraction of sp³-hybridized carbons (Fsp3) is 0.562. The zero-order chi connectivity index (χ0) is 13.2. The van der Waals surface area contributed by atoms with Crippen LogP contribution in [-0.2, 0) is 6.42 Å². The average Bonchev–Trinajstić information content (AvgIpc) is 2.60. The zero-order valence-corrected chi connectivity index (χ0v) is 11.7. The van der Waals surface area contributed by atoms with Gasteiger partial charge in [0.1, 0.15) is 5.82 Å². The van der Waals surface area contributed by atoms with Gasteiger partial charge in [0.05, 0.1) is 11.0 Å². The van der Waals surface area contributed by atoms with E-state index in [1.807, 2.05) is 12.1 Å². The van der Waals surface area contributed by atoms with E-state index in [4.69, 9.17) is 10.7 Å².